The van der Waals surface area contributed by atoms with Gasteiger partial charge in [0.25, 0.3) is 0 Å². The summed E-state index contributed by atoms with van der Waals surface area (Å²) in [7, 11) is 1.65. The SMILES string of the molecule is COc1cc(CNC(=O)CC2COCCN2)ccc1C. The molecule has 20 heavy (non-hydrogen) atoms. The molecule has 1 aromatic carbocycles. The van der Waals surface area contributed by atoms with Gasteiger partial charge in [-0.15, -0.1) is 0 Å². The molecule has 1 aromatic rings. The average molecular weight is 278 g/mol. The molecule has 0 radical (unpaired) electrons. The van der Waals surface area contributed by atoms with E-state index in [2.05, 4.69) is 10.6 Å². The second kappa shape index (κ2) is 7.26. The summed E-state index contributed by atoms with van der Waals surface area (Å²) in [6.45, 7) is 4.65. The van der Waals surface area contributed by atoms with Crippen molar-refractivity contribution in [2.24, 2.45) is 0 Å². The molecular weight excluding hydrogens is 256 g/mol. The van der Waals surface area contributed by atoms with Gasteiger partial charge in [-0.2, -0.15) is 0 Å². The van der Waals surface area contributed by atoms with Gasteiger partial charge in [-0.3, -0.25) is 4.79 Å². The second-order valence-corrected chi connectivity index (χ2v) is 5.01. The molecule has 1 unspecified atom stereocenters. The van der Waals surface area contributed by atoms with E-state index in [0.29, 0.717) is 19.6 Å². The number of aryl methyl sites for hydroxylation is 1. The van der Waals surface area contributed by atoms with E-state index in [1.807, 2.05) is 25.1 Å². The number of benzene rings is 1. The fourth-order valence-corrected chi connectivity index (χ4v) is 2.22. The quantitative estimate of drug-likeness (QED) is 0.843. The molecule has 2 rings (SSSR count). The number of morpholine rings is 1. The topological polar surface area (TPSA) is 59.6 Å². The van der Waals surface area contributed by atoms with Gasteiger partial charge >= 0.3 is 0 Å². The lowest BCUT2D eigenvalue weighted by atomic mass is 10.1. The van der Waals surface area contributed by atoms with E-state index < -0.39 is 0 Å². The average Bonchev–Trinajstić information content (AvgIpc) is 2.47. The molecule has 110 valence electrons. The molecule has 1 aliphatic heterocycles. The molecule has 1 amide bonds. The molecule has 5 nitrogen and oxygen atoms in total. The minimum absolute atomic E-state index is 0.0348. The highest BCUT2D eigenvalue weighted by atomic mass is 16.5. The highest BCUT2D eigenvalue weighted by molar-refractivity contribution is 5.76. The smallest absolute Gasteiger partial charge is 0.221 e. The van der Waals surface area contributed by atoms with Crippen LogP contribution in [0, 0.1) is 6.92 Å². The number of amides is 1. The van der Waals surface area contributed by atoms with Gasteiger partial charge in [0.15, 0.2) is 0 Å². The van der Waals surface area contributed by atoms with Crippen LogP contribution in [0.1, 0.15) is 17.5 Å². The van der Waals surface area contributed by atoms with Crippen LogP contribution in [0.3, 0.4) is 0 Å². The lowest BCUT2D eigenvalue weighted by molar-refractivity contribution is -0.122. The first-order chi connectivity index (χ1) is 9.69. The maximum absolute atomic E-state index is 11.9. The van der Waals surface area contributed by atoms with Crippen molar-refractivity contribution in [2.45, 2.75) is 25.9 Å². The Morgan fingerprint density at radius 2 is 2.40 bits per heavy atom. The summed E-state index contributed by atoms with van der Waals surface area (Å²) in [6.07, 6.45) is 0.447. The van der Waals surface area contributed by atoms with Crippen LogP contribution >= 0.6 is 0 Å². The molecule has 1 atom stereocenters. The van der Waals surface area contributed by atoms with Crippen molar-refractivity contribution < 1.29 is 14.3 Å². The minimum atomic E-state index is 0.0348. The number of carbonyl (C=O) groups excluding carboxylic acids is 1. The Morgan fingerprint density at radius 1 is 1.55 bits per heavy atom. The number of ether oxygens (including phenoxy) is 2. The molecule has 1 aliphatic rings. The van der Waals surface area contributed by atoms with Crippen LogP contribution in [0.4, 0.5) is 0 Å². The molecule has 1 fully saturated rings. The van der Waals surface area contributed by atoms with E-state index in [0.717, 1.165) is 30.0 Å². The fraction of sp³-hybridized carbons (Fsp3) is 0.533. The monoisotopic (exact) mass is 278 g/mol. The zero-order chi connectivity index (χ0) is 14.4. The highest BCUT2D eigenvalue weighted by Gasteiger charge is 2.16. The standard InChI is InChI=1S/C15H22N2O3/c1-11-3-4-12(7-14(11)19-2)9-17-15(18)8-13-10-20-6-5-16-13/h3-4,7,13,16H,5-6,8-10H2,1-2H3,(H,17,18). The Kier molecular flexibility index (Phi) is 5.38. The molecule has 1 saturated heterocycles. The first kappa shape index (κ1) is 14.8. The van der Waals surface area contributed by atoms with Crippen molar-refractivity contribution in [3.05, 3.63) is 29.3 Å². The van der Waals surface area contributed by atoms with Gasteiger partial charge in [0, 0.05) is 25.6 Å². The normalized spacial score (nSPS) is 18.6. The van der Waals surface area contributed by atoms with Gasteiger partial charge in [0.1, 0.15) is 5.75 Å². The molecule has 2 N–H and O–H groups in total. The van der Waals surface area contributed by atoms with Crippen LogP contribution in [0.25, 0.3) is 0 Å². The minimum Gasteiger partial charge on any atom is -0.496 e. The number of hydrogen-bond acceptors (Lipinski definition) is 4. The summed E-state index contributed by atoms with van der Waals surface area (Å²) in [5.41, 5.74) is 2.12. The predicted octanol–water partition coefficient (Wildman–Crippen LogP) is 0.998. The van der Waals surface area contributed by atoms with E-state index in [1.165, 1.54) is 0 Å². The zero-order valence-corrected chi connectivity index (χ0v) is 12.1. The number of methoxy groups -OCH3 is 1. The highest BCUT2D eigenvalue weighted by Crippen LogP contribution is 2.18. The van der Waals surface area contributed by atoms with Crippen molar-refractivity contribution in [1.82, 2.24) is 10.6 Å². The molecule has 5 heteroatoms. The molecule has 0 aromatic heterocycles. The summed E-state index contributed by atoms with van der Waals surface area (Å²) in [5.74, 6) is 0.881. The van der Waals surface area contributed by atoms with E-state index in [1.54, 1.807) is 7.11 Å². The molecule has 1 heterocycles. The van der Waals surface area contributed by atoms with Gasteiger partial charge in [0.05, 0.1) is 20.3 Å². The van der Waals surface area contributed by atoms with Gasteiger partial charge in [0.2, 0.25) is 5.91 Å². The number of hydrogen-bond donors (Lipinski definition) is 2. The summed E-state index contributed by atoms with van der Waals surface area (Å²) in [5, 5.41) is 6.20. The van der Waals surface area contributed by atoms with E-state index >= 15 is 0 Å². The molecule has 0 spiro atoms. The zero-order valence-electron chi connectivity index (χ0n) is 12.1. The Morgan fingerprint density at radius 3 is 3.10 bits per heavy atom. The Labute approximate surface area is 119 Å². The largest absolute Gasteiger partial charge is 0.496 e. The van der Waals surface area contributed by atoms with E-state index in [9.17, 15) is 4.79 Å². The van der Waals surface area contributed by atoms with Crippen molar-refractivity contribution in [3.8, 4) is 5.75 Å². The van der Waals surface area contributed by atoms with Crippen LogP contribution < -0.4 is 15.4 Å². The van der Waals surface area contributed by atoms with Crippen molar-refractivity contribution in [1.29, 1.82) is 0 Å². The van der Waals surface area contributed by atoms with Crippen molar-refractivity contribution in [2.75, 3.05) is 26.9 Å². The lowest BCUT2D eigenvalue weighted by Gasteiger charge is -2.23. The maximum Gasteiger partial charge on any atom is 0.221 e. The molecule has 0 saturated carbocycles. The van der Waals surface area contributed by atoms with Crippen LogP contribution in [0.2, 0.25) is 0 Å². The van der Waals surface area contributed by atoms with Crippen LogP contribution in [-0.4, -0.2) is 38.8 Å². The summed E-state index contributed by atoms with van der Waals surface area (Å²) in [6, 6.07) is 6.07. The molecule has 0 bridgehead atoms. The first-order valence-corrected chi connectivity index (χ1v) is 6.90. The third-order valence-corrected chi connectivity index (χ3v) is 3.39. The second-order valence-electron chi connectivity index (χ2n) is 5.01. The van der Waals surface area contributed by atoms with Gasteiger partial charge in [-0.1, -0.05) is 12.1 Å². The van der Waals surface area contributed by atoms with E-state index in [4.69, 9.17) is 9.47 Å². The van der Waals surface area contributed by atoms with Crippen LogP contribution in [0.15, 0.2) is 18.2 Å². The Balaban J connectivity index is 1.80. The number of rotatable bonds is 5. The lowest BCUT2D eigenvalue weighted by Crippen LogP contribution is -2.44. The van der Waals surface area contributed by atoms with Crippen LogP contribution in [-0.2, 0) is 16.1 Å². The summed E-state index contributed by atoms with van der Waals surface area (Å²) < 4.78 is 10.6. The molecule has 0 aliphatic carbocycles. The van der Waals surface area contributed by atoms with Crippen molar-refractivity contribution in [3.63, 3.8) is 0 Å². The molecular formula is C15H22N2O3. The Bertz CT molecular complexity index is 456. The summed E-state index contributed by atoms with van der Waals surface area (Å²) in [4.78, 5) is 11.9. The van der Waals surface area contributed by atoms with Gasteiger partial charge in [-0.25, -0.2) is 0 Å². The predicted molar refractivity (Wildman–Crippen MR) is 76.8 cm³/mol. The van der Waals surface area contributed by atoms with Crippen molar-refractivity contribution >= 4 is 5.91 Å². The third kappa shape index (κ3) is 4.21. The summed E-state index contributed by atoms with van der Waals surface area (Å²) >= 11 is 0. The first-order valence-electron chi connectivity index (χ1n) is 6.90. The van der Waals surface area contributed by atoms with Gasteiger partial charge in [-0.05, 0) is 24.1 Å². The van der Waals surface area contributed by atoms with Crippen LogP contribution in [0.5, 0.6) is 5.75 Å². The number of nitrogens with one attached hydrogen (secondary N) is 2. The van der Waals surface area contributed by atoms with Gasteiger partial charge < -0.3 is 20.1 Å². The fourth-order valence-electron chi connectivity index (χ4n) is 2.22. The Hall–Kier alpha value is -1.59. The van der Waals surface area contributed by atoms with E-state index in [-0.39, 0.29) is 11.9 Å². The maximum atomic E-state index is 11.9. The third-order valence-electron chi connectivity index (χ3n) is 3.39. The number of carbonyl (C=O) groups is 1.